The Morgan fingerprint density at radius 2 is 1.81 bits per heavy atom. The lowest BCUT2D eigenvalue weighted by Crippen LogP contribution is -2.34. The molecule has 2 unspecified atom stereocenters. The van der Waals surface area contributed by atoms with Gasteiger partial charge in [0.05, 0.1) is 0 Å². The van der Waals surface area contributed by atoms with E-state index in [0.717, 1.165) is 12.5 Å². The Morgan fingerprint density at radius 3 is 2.31 bits per heavy atom. The van der Waals surface area contributed by atoms with Gasteiger partial charge < -0.3 is 5.32 Å². The summed E-state index contributed by atoms with van der Waals surface area (Å²) in [6.07, 6.45) is 2.42. The van der Waals surface area contributed by atoms with Crippen LogP contribution in [0.2, 0.25) is 0 Å². The van der Waals surface area contributed by atoms with Gasteiger partial charge in [0.2, 0.25) is 0 Å². The van der Waals surface area contributed by atoms with Crippen molar-refractivity contribution in [3.63, 3.8) is 0 Å². The molecule has 1 N–H and O–H groups in total. The summed E-state index contributed by atoms with van der Waals surface area (Å²) in [6.45, 7) is 7.81. The highest BCUT2D eigenvalue weighted by atomic mass is 127. The molecule has 2 atom stereocenters. The molecule has 0 aromatic heterocycles. The van der Waals surface area contributed by atoms with Crippen molar-refractivity contribution in [2.24, 2.45) is 5.92 Å². The Morgan fingerprint density at radius 1 is 1.19 bits per heavy atom. The standard InChI is InChI=1S/C14H22IN/c1-4-13(11(3)16-5-2)10-12-6-8-14(15)9-7-12/h6-9,11,13,16H,4-5,10H2,1-3H3. The molecule has 0 bridgehead atoms. The molecule has 0 aliphatic rings. The lowest BCUT2D eigenvalue weighted by Gasteiger charge is -2.23. The van der Waals surface area contributed by atoms with Crippen molar-refractivity contribution >= 4 is 22.6 Å². The molecule has 16 heavy (non-hydrogen) atoms. The minimum atomic E-state index is 0.606. The summed E-state index contributed by atoms with van der Waals surface area (Å²) in [4.78, 5) is 0. The Hall–Kier alpha value is -0.0900. The second kappa shape index (κ2) is 7.28. The zero-order valence-electron chi connectivity index (χ0n) is 10.5. The van der Waals surface area contributed by atoms with Crippen LogP contribution in [0.25, 0.3) is 0 Å². The maximum absolute atomic E-state index is 3.53. The number of halogens is 1. The first-order valence-electron chi connectivity index (χ1n) is 6.15. The van der Waals surface area contributed by atoms with Crippen molar-refractivity contribution in [3.8, 4) is 0 Å². The lowest BCUT2D eigenvalue weighted by molar-refractivity contribution is 0.368. The van der Waals surface area contributed by atoms with Crippen LogP contribution in [0.4, 0.5) is 0 Å². The number of benzene rings is 1. The fourth-order valence-electron chi connectivity index (χ4n) is 2.09. The third kappa shape index (κ3) is 4.42. The number of rotatable bonds is 6. The van der Waals surface area contributed by atoms with Crippen LogP contribution in [0.1, 0.15) is 32.8 Å². The smallest absolute Gasteiger partial charge is 0.0130 e. The van der Waals surface area contributed by atoms with E-state index in [1.807, 2.05) is 0 Å². The van der Waals surface area contributed by atoms with Crippen LogP contribution in [0.15, 0.2) is 24.3 Å². The van der Waals surface area contributed by atoms with Gasteiger partial charge in [-0.25, -0.2) is 0 Å². The lowest BCUT2D eigenvalue weighted by atomic mass is 9.91. The topological polar surface area (TPSA) is 12.0 Å². The molecule has 0 aliphatic carbocycles. The van der Waals surface area contributed by atoms with Crippen LogP contribution in [0.5, 0.6) is 0 Å². The Balaban J connectivity index is 2.59. The Labute approximate surface area is 113 Å². The predicted octanol–water partition coefficient (Wildman–Crippen LogP) is 3.86. The normalized spacial score (nSPS) is 14.8. The van der Waals surface area contributed by atoms with Crippen LogP contribution in [-0.4, -0.2) is 12.6 Å². The van der Waals surface area contributed by atoms with Gasteiger partial charge in [0.25, 0.3) is 0 Å². The Kier molecular flexibility index (Phi) is 6.36. The zero-order chi connectivity index (χ0) is 12.0. The second-order valence-corrected chi connectivity index (χ2v) is 5.59. The van der Waals surface area contributed by atoms with E-state index in [9.17, 15) is 0 Å². The highest BCUT2D eigenvalue weighted by Crippen LogP contribution is 2.17. The quantitative estimate of drug-likeness (QED) is 0.781. The molecule has 90 valence electrons. The average molecular weight is 331 g/mol. The molecule has 0 radical (unpaired) electrons. The summed E-state index contributed by atoms with van der Waals surface area (Å²) >= 11 is 2.35. The number of hydrogen-bond donors (Lipinski definition) is 1. The highest BCUT2D eigenvalue weighted by molar-refractivity contribution is 14.1. The molecule has 1 nitrogen and oxygen atoms in total. The monoisotopic (exact) mass is 331 g/mol. The molecule has 1 aromatic rings. The van der Waals surface area contributed by atoms with Crippen molar-refractivity contribution in [1.82, 2.24) is 5.32 Å². The molecular formula is C14H22IN. The fraction of sp³-hybridized carbons (Fsp3) is 0.571. The minimum Gasteiger partial charge on any atom is -0.314 e. The first kappa shape index (κ1) is 14.0. The van der Waals surface area contributed by atoms with E-state index >= 15 is 0 Å². The van der Waals surface area contributed by atoms with Crippen molar-refractivity contribution in [2.45, 2.75) is 39.7 Å². The van der Waals surface area contributed by atoms with E-state index in [4.69, 9.17) is 0 Å². The molecule has 0 fully saturated rings. The summed E-state index contributed by atoms with van der Waals surface area (Å²) in [7, 11) is 0. The van der Waals surface area contributed by atoms with Crippen LogP contribution in [0.3, 0.4) is 0 Å². The third-order valence-corrected chi connectivity index (χ3v) is 3.89. The van der Waals surface area contributed by atoms with E-state index in [0.29, 0.717) is 6.04 Å². The summed E-state index contributed by atoms with van der Waals surface area (Å²) in [5.41, 5.74) is 1.46. The summed E-state index contributed by atoms with van der Waals surface area (Å²) in [5.74, 6) is 0.736. The first-order chi connectivity index (χ1) is 7.67. The molecule has 0 saturated heterocycles. The molecule has 0 heterocycles. The zero-order valence-corrected chi connectivity index (χ0v) is 12.6. The second-order valence-electron chi connectivity index (χ2n) is 4.35. The molecule has 0 saturated carbocycles. The first-order valence-corrected chi connectivity index (χ1v) is 7.23. The van der Waals surface area contributed by atoms with Gasteiger partial charge in [-0.1, -0.05) is 32.4 Å². The molecule has 0 aliphatic heterocycles. The molecule has 0 amide bonds. The van der Waals surface area contributed by atoms with Crippen molar-refractivity contribution in [1.29, 1.82) is 0 Å². The van der Waals surface area contributed by atoms with Crippen LogP contribution in [0, 0.1) is 9.49 Å². The maximum Gasteiger partial charge on any atom is 0.0130 e. The van der Waals surface area contributed by atoms with Gasteiger partial charge in [-0.2, -0.15) is 0 Å². The molecular weight excluding hydrogens is 309 g/mol. The predicted molar refractivity (Wildman–Crippen MR) is 79.8 cm³/mol. The van der Waals surface area contributed by atoms with Gasteiger partial charge in [-0.05, 0) is 66.1 Å². The van der Waals surface area contributed by atoms with Crippen molar-refractivity contribution in [3.05, 3.63) is 33.4 Å². The van der Waals surface area contributed by atoms with Crippen LogP contribution >= 0.6 is 22.6 Å². The minimum absolute atomic E-state index is 0.606. The molecule has 0 spiro atoms. The largest absolute Gasteiger partial charge is 0.314 e. The van der Waals surface area contributed by atoms with Crippen molar-refractivity contribution in [2.75, 3.05) is 6.54 Å². The van der Waals surface area contributed by atoms with Gasteiger partial charge in [0, 0.05) is 9.61 Å². The van der Waals surface area contributed by atoms with Crippen molar-refractivity contribution < 1.29 is 0 Å². The fourth-order valence-corrected chi connectivity index (χ4v) is 2.45. The van der Waals surface area contributed by atoms with Gasteiger partial charge in [0.15, 0.2) is 0 Å². The van der Waals surface area contributed by atoms with E-state index in [1.165, 1.54) is 22.0 Å². The third-order valence-electron chi connectivity index (χ3n) is 3.17. The molecule has 2 heteroatoms. The van der Waals surface area contributed by atoms with E-state index < -0.39 is 0 Å². The van der Waals surface area contributed by atoms with Gasteiger partial charge in [-0.3, -0.25) is 0 Å². The van der Waals surface area contributed by atoms with E-state index in [2.05, 4.69) is 72.9 Å². The average Bonchev–Trinajstić information content (AvgIpc) is 2.28. The van der Waals surface area contributed by atoms with Crippen LogP contribution < -0.4 is 5.32 Å². The molecule has 1 rings (SSSR count). The number of nitrogens with one attached hydrogen (secondary N) is 1. The van der Waals surface area contributed by atoms with Crippen LogP contribution in [-0.2, 0) is 6.42 Å². The summed E-state index contributed by atoms with van der Waals surface area (Å²) in [6, 6.07) is 9.50. The highest BCUT2D eigenvalue weighted by Gasteiger charge is 2.14. The summed E-state index contributed by atoms with van der Waals surface area (Å²) < 4.78 is 1.31. The SMILES string of the molecule is CCNC(C)C(CC)Cc1ccc(I)cc1. The Bertz CT molecular complexity index is 294. The maximum atomic E-state index is 3.53. The van der Waals surface area contributed by atoms with Gasteiger partial charge in [0.1, 0.15) is 0 Å². The van der Waals surface area contributed by atoms with Gasteiger partial charge >= 0.3 is 0 Å². The van der Waals surface area contributed by atoms with E-state index in [-0.39, 0.29) is 0 Å². The number of hydrogen-bond acceptors (Lipinski definition) is 1. The summed E-state index contributed by atoms with van der Waals surface area (Å²) in [5, 5.41) is 3.53. The van der Waals surface area contributed by atoms with Gasteiger partial charge in [-0.15, -0.1) is 0 Å². The molecule has 1 aromatic carbocycles. The van der Waals surface area contributed by atoms with E-state index in [1.54, 1.807) is 0 Å².